The molecule has 0 N–H and O–H groups in total. The van der Waals surface area contributed by atoms with Crippen LogP contribution in [0.4, 0.5) is 0 Å². The Kier molecular flexibility index (Phi) is 9.85. The zero-order valence-corrected chi connectivity index (χ0v) is 14.7. The first-order chi connectivity index (χ1) is 11.2. The van der Waals surface area contributed by atoms with Crippen molar-refractivity contribution in [2.24, 2.45) is 0 Å². The van der Waals surface area contributed by atoms with Gasteiger partial charge in [-0.25, -0.2) is 0 Å². The quantitative estimate of drug-likeness (QED) is 0.286. The number of carbonyl (C=O) groups is 1. The molecule has 1 aromatic carbocycles. The minimum absolute atomic E-state index is 0.144. The average Bonchev–Trinajstić information content (AvgIpc) is 2.56. The van der Waals surface area contributed by atoms with Crippen LogP contribution in [-0.4, -0.2) is 19.0 Å². The van der Waals surface area contributed by atoms with Crippen LogP contribution in [-0.2, 0) is 0 Å². The maximum Gasteiger partial charge on any atom is 0.161 e. The van der Waals surface area contributed by atoms with Crippen molar-refractivity contribution in [3.8, 4) is 11.5 Å². The summed E-state index contributed by atoms with van der Waals surface area (Å²) in [6.07, 6.45) is 11.9. The van der Waals surface area contributed by atoms with Gasteiger partial charge in [-0.05, 0) is 44.4 Å². The number of aldehydes is 1. The van der Waals surface area contributed by atoms with Crippen LogP contribution in [0.3, 0.4) is 0 Å². The average molecular weight is 318 g/mol. The van der Waals surface area contributed by atoms with Crippen molar-refractivity contribution in [1.82, 2.24) is 0 Å². The number of rotatable bonds is 12. The second kappa shape index (κ2) is 11.8. The molecule has 23 heavy (non-hydrogen) atoms. The van der Waals surface area contributed by atoms with Crippen LogP contribution in [0.15, 0.2) is 30.4 Å². The third-order valence-corrected chi connectivity index (χ3v) is 3.63. The number of unbranched alkanes of at least 4 members (excludes halogenated alkanes) is 2. The van der Waals surface area contributed by atoms with Crippen LogP contribution in [0, 0.1) is 0 Å². The molecule has 0 aliphatic rings. The molecule has 0 radical (unpaired) electrons. The highest BCUT2D eigenvalue weighted by molar-refractivity contribution is 5.76. The van der Waals surface area contributed by atoms with Gasteiger partial charge in [-0.1, -0.05) is 38.8 Å². The number of carbonyl (C=O) groups excluding carboxylic acids is 1. The van der Waals surface area contributed by atoms with Gasteiger partial charge in [-0.3, -0.25) is 4.79 Å². The number of hydrogen-bond acceptors (Lipinski definition) is 3. The monoisotopic (exact) mass is 318 g/mol. The Labute approximate surface area is 140 Å². The molecule has 3 heteroatoms. The van der Waals surface area contributed by atoms with Gasteiger partial charge in [0.1, 0.15) is 12.4 Å². The van der Waals surface area contributed by atoms with Crippen LogP contribution >= 0.6 is 0 Å². The van der Waals surface area contributed by atoms with Crippen LogP contribution in [0.25, 0.3) is 0 Å². The molecule has 0 saturated heterocycles. The highest BCUT2D eigenvalue weighted by Gasteiger charge is 2.13. The Morgan fingerprint density at radius 2 is 1.91 bits per heavy atom. The molecule has 0 amide bonds. The van der Waals surface area contributed by atoms with E-state index in [9.17, 15) is 4.79 Å². The van der Waals surface area contributed by atoms with Gasteiger partial charge in [-0.15, -0.1) is 0 Å². The van der Waals surface area contributed by atoms with Gasteiger partial charge in [0.15, 0.2) is 11.5 Å². The van der Waals surface area contributed by atoms with E-state index in [0.717, 1.165) is 37.7 Å². The number of allylic oxidation sites excluding steroid dienone is 1. The molecule has 0 fully saturated rings. The molecule has 0 aliphatic carbocycles. The van der Waals surface area contributed by atoms with Gasteiger partial charge in [-0.2, -0.15) is 0 Å². The summed E-state index contributed by atoms with van der Waals surface area (Å²) in [6.45, 7) is 6.82. The van der Waals surface area contributed by atoms with Crippen molar-refractivity contribution in [2.75, 3.05) is 6.61 Å². The molecule has 1 atom stereocenters. The van der Waals surface area contributed by atoms with E-state index in [4.69, 9.17) is 9.47 Å². The normalized spacial score (nSPS) is 12.3. The first-order valence-corrected chi connectivity index (χ1v) is 8.78. The molecular formula is C20H30O3. The molecule has 0 spiro atoms. The van der Waals surface area contributed by atoms with Gasteiger partial charge in [0.2, 0.25) is 0 Å². The van der Waals surface area contributed by atoms with E-state index in [1.807, 2.05) is 13.0 Å². The second-order valence-corrected chi connectivity index (χ2v) is 5.61. The topological polar surface area (TPSA) is 35.5 Å². The highest BCUT2D eigenvalue weighted by atomic mass is 16.5. The first-order valence-electron chi connectivity index (χ1n) is 8.78. The molecule has 1 rings (SSSR count). The number of ether oxygens (including phenoxy) is 2. The fourth-order valence-electron chi connectivity index (χ4n) is 2.40. The summed E-state index contributed by atoms with van der Waals surface area (Å²) in [7, 11) is 0. The summed E-state index contributed by atoms with van der Waals surface area (Å²) in [4.78, 5) is 10.9. The third kappa shape index (κ3) is 7.36. The summed E-state index contributed by atoms with van der Waals surface area (Å²) < 4.78 is 11.8. The largest absolute Gasteiger partial charge is 0.490 e. The van der Waals surface area contributed by atoms with Crippen LogP contribution < -0.4 is 9.47 Å². The van der Waals surface area contributed by atoms with E-state index in [1.54, 1.807) is 12.1 Å². The van der Waals surface area contributed by atoms with Gasteiger partial charge < -0.3 is 9.47 Å². The van der Waals surface area contributed by atoms with Crippen LogP contribution in [0.2, 0.25) is 0 Å². The molecule has 3 nitrogen and oxygen atoms in total. The number of benzene rings is 1. The van der Waals surface area contributed by atoms with E-state index < -0.39 is 0 Å². The lowest BCUT2D eigenvalue weighted by Gasteiger charge is -2.20. The summed E-state index contributed by atoms with van der Waals surface area (Å²) >= 11 is 0. The minimum atomic E-state index is 0.144. The Morgan fingerprint density at radius 1 is 1.09 bits per heavy atom. The van der Waals surface area contributed by atoms with Crippen LogP contribution in [0.5, 0.6) is 11.5 Å². The predicted molar refractivity (Wildman–Crippen MR) is 95.6 cm³/mol. The van der Waals surface area contributed by atoms with E-state index >= 15 is 0 Å². The highest BCUT2D eigenvalue weighted by Crippen LogP contribution is 2.30. The Hall–Kier alpha value is -1.77. The van der Waals surface area contributed by atoms with Crippen molar-refractivity contribution >= 4 is 6.29 Å². The minimum Gasteiger partial charge on any atom is -0.490 e. The van der Waals surface area contributed by atoms with Gasteiger partial charge >= 0.3 is 0 Å². The maximum absolute atomic E-state index is 10.9. The van der Waals surface area contributed by atoms with Gasteiger partial charge in [0.25, 0.3) is 0 Å². The first kappa shape index (κ1) is 19.3. The molecule has 1 unspecified atom stereocenters. The fraction of sp³-hybridized carbons (Fsp3) is 0.550. The Bertz CT molecular complexity index is 480. The molecular weight excluding hydrogens is 288 g/mol. The molecule has 0 heterocycles. The summed E-state index contributed by atoms with van der Waals surface area (Å²) in [6, 6.07) is 5.36. The van der Waals surface area contributed by atoms with Crippen molar-refractivity contribution in [3.63, 3.8) is 0 Å². The predicted octanol–water partition coefficient (Wildman–Crippen LogP) is 5.58. The summed E-state index contributed by atoms with van der Waals surface area (Å²) in [5.74, 6) is 1.38. The maximum atomic E-state index is 10.9. The SMILES string of the molecule is CC/C=C\CC(CCCCC)Oc1ccc(C=O)cc1OCC. The lowest BCUT2D eigenvalue weighted by atomic mass is 10.1. The lowest BCUT2D eigenvalue weighted by molar-refractivity contribution is 0.112. The molecule has 0 aliphatic heterocycles. The van der Waals surface area contributed by atoms with Crippen molar-refractivity contribution in [1.29, 1.82) is 0 Å². The van der Waals surface area contributed by atoms with Gasteiger partial charge in [0.05, 0.1) is 6.61 Å². The van der Waals surface area contributed by atoms with Crippen molar-refractivity contribution < 1.29 is 14.3 Å². The lowest BCUT2D eigenvalue weighted by Crippen LogP contribution is -2.16. The molecule has 0 saturated carbocycles. The fourth-order valence-corrected chi connectivity index (χ4v) is 2.40. The van der Waals surface area contributed by atoms with E-state index in [0.29, 0.717) is 17.9 Å². The number of hydrogen-bond donors (Lipinski definition) is 0. The smallest absolute Gasteiger partial charge is 0.161 e. The molecule has 1 aromatic rings. The van der Waals surface area contributed by atoms with Crippen molar-refractivity contribution in [3.05, 3.63) is 35.9 Å². The van der Waals surface area contributed by atoms with E-state index in [-0.39, 0.29) is 6.10 Å². The van der Waals surface area contributed by atoms with E-state index in [1.165, 1.54) is 12.8 Å². The van der Waals surface area contributed by atoms with Crippen LogP contribution in [0.1, 0.15) is 69.7 Å². The third-order valence-electron chi connectivity index (χ3n) is 3.63. The summed E-state index contributed by atoms with van der Waals surface area (Å²) in [5.41, 5.74) is 0.606. The summed E-state index contributed by atoms with van der Waals surface area (Å²) in [5, 5.41) is 0. The zero-order chi connectivity index (χ0) is 16.9. The standard InChI is InChI=1S/C20H30O3/c1-4-7-9-11-18(12-10-8-5-2)23-19-14-13-17(16-21)15-20(19)22-6-3/h7,9,13-16,18H,4-6,8,10-12H2,1-3H3/b9-7-. The van der Waals surface area contributed by atoms with Gasteiger partial charge in [0, 0.05) is 12.0 Å². The molecule has 0 aromatic heterocycles. The molecule has 128 valence electrons. The Morgan fingerprint density at radius 3 is 2.57 bits per heavy atom. The van der Waals surface area contributed by atoms with E-state index in [2.05, 4.69) is 26.0 Å². The second-order valence-electron chi connectivity index (χ2n) is 5.61. The Balaban J connectivity index is 2.82. The van der Waals surface area contributed by atoms with Crippen molar-refractivity contribution in [2.45, 2.75) is 65.4 Å². The zero-order valence-electron chi connectivity index (χ0n) is 14.7. The molecule has 0 bridgehead atoms.